The van der Waals surface area contributed by atoms with E-state index < -0.39 is 0 Å². The molecule has 0 fully saturated rings. The quantitative estimate of drug-likeness (QED) is 0.651. The van der Waals surface area contributed by atoms with E-state index in [-0.39, 0.29) is 17.8 Å². The topological polar surface area (TPSA) is 75.0 Å². The van der Waals surface area contributed by atoms with E-state index in [0.717, 1.165) is 35.6 Å². The van der Waals surface area contributed by atoms with Crippen molar-refractivity contribution in [3.63, 3.8) is 0 Å². The number of thiophene rings is 1. The molecule has 2 aliphatic heterocycles. The zero-order chi connectivity index (χ0) is 16.8. The summed E-state index contributed by atoms with van der Waals surface area (Å²) in [5.74, 6) is 0.438. The molecule has 0 spiro atoms. The zero-order valence-corrected chi connectivity index (χ0v) is 14.4. The van der Waals surface area contributed by atoms with Crippen LogP contribution in [0.25, 0.3) is 0 Å². The molecule has 0 saturated carbocycles. The number of rotatable bonds is 2. The maximum atomic E-state index is 12.7. The van der Waals surface area contributed by atoms with Gasteiger partial charge in [0.05, 0.1) is 31.1 Å². The molecule has 4 N–H and O–H groups in total. The van der Waals surface area contributed by atoms with Crippen LogP contribution in [0, 0.1) is 0 Å². The van der Waals surface area contributed by atoms with Gasteiger partial charge in [-0.05, 0) is 23.3 Å². The monoisotopic (exact) mass is 346 g/mol. The fourth-order valence-electron chi connectivity index (χ4n) is 3.39. The average Bonchev–Trinajstić information content (AvgIpc) is 2.92. The number of anilines is 1. The van der Waals surface area contributed by atoms with Gasteiger partial charge in [-0.25, -0.2) is 0 Å². The summed E-state index contributed by atoms with van der Waals surface area (Å²) in [4.78, 5) is 15.4. The summed E-state index contributed by atoms with van der Waals surface area (Å²) in [6.07, 6.45) is 0.586. The number of hydrogen-bond donors (Lipinski definition) is 4. The number of carbonyl (C=O) groups excluding carboxylic acids is 1. The van der Waals surface area contributed by atoms with Crippen molar-refractivity contribution in [1.82, 2.24) is 5.32 Å². The van der Waals surface area contributed by atoms with E-state index in [4.69, 9.17) is 4.74 Å². The van der Waals surface area contributed by atoms with E-state index in [1.54, 1.807) is 23.5 Å². The second-order valence-electron chi connectivity index (χ2n) is 6.32. The van der Waals surface area contributed by atoms with Gasteiger partial charge in [-0.2, -0.15) is 0 Å². The minimum absolute atomic E-state index is 0.0406. The predicted molar refractivity (Wildman–Crippen MR) is 92.0 cm³/mol. The third kappa shape index (κ3) is 2.40. The van der Waals surface area contributed by atoms with Crippen molar-refractivity contribution in [1.29, 1.82) is 0 Å². The lowest BCUT2D eigenvalue weighted by Crippen LogP contribution is -3.08. The third-order valence-electron chi connectivity index (χ3n) is 4.67. The van der Waals surface area contributed by atoms with Gasteiger partial charge in [0.2, 0.25) is 0 Å². The Morgan fingerprint density at radius 3 is 2.96 bits per heavy atom. The molecule has 1 amide bonds. The number of phenols is 1. The minimum Gasteiger partial charge on any atom is -0.504 e. The first kappa shape index (κ1) is 15.3. The van der Waals surface area contributed by atoms with Crippen LogP contribution >= 0.6 is 11.3 Å². The van der Waals surface area contributed by atoms with Crippen LogP contribution in [-0.4, -0.2) is 31.7 Å². The Morgan fingerprint density at radius 2 is 2.21 bits per heavy atom. The lowest BCUT2D eigenvalue weighted by atomic mass is 10.0. The summed E-state index contributed by atoms with van der Waals surface area (Å²) in [6, 6.07) is 5.16. The van der Waals surface area contributed by atoms with Crippen LogP contribution in [0.1, 0.15) is 32.5 Å². The Morgan fingerprint density at radius 1 is 1.38 bits per heavy atom. The predicted octanol–water partition coefficient (Wildman–Crippen LogP) is 0.887. The van der Waals surface area contributed by atoms with Gasteiger partial charge in [-0.1, -0.05) is 6.07 Å². The number of aromatic hydroxyl groups is 1. The van der Waals surface area contributed by atoms with Crippen LogP contribution in [0.15, 0.2) is 18.2 Å². The summed E-state index contributed by atoms with van der Waals surface area (Å²) < 4.78 is 5.07. The molecular weight excluding hydrogens is 326 g/mol. The molecule has 2 aromatic rings. The van der Waals surface area contributed by atoms with Gasteiger partial charge < -0.3 is 25.4 Å². The summed E-state index contributed by atoms with van der Waals surface area (Å²) >= 11 is 1.68. The molecule has 1 aromatic heterocycles. The normalized spacial score (nSPS) is 22.2. The van der Waals surface area contributed by atoms with E-state index in [9.17, 15) is 9.90 Å². The number of benzene rings is 1. The Kier molecular flexibility index (Phi) is 3.62. The van der Waals surface area contributed by atoms with Gasteiger partial charge in [0, 0.05) is 6.42 Å². The molecule has 6 nitrogen and oxygen atoms in total. The van der Waals surface area contributed by atoms with Crippen molar-refractivity contribution in [2.24, 2.45) is 0 Å². The lowest BCUT2D eigenvalue weighted by Gasteiger charge is -2.27. The number of amides is 1. The van der Waals surface area contributed by atoms with Crippen molar-refractivity contribution >= 4 is 22.2 Å². The van der Waals surface area contributed by atoms with Crippen LogP contribution in [0.4, 0.5) is 5.00 Å². The van der Waals surface area contributed by atoms with Gasteiger partial charge in [0.25, 0.3) is 5.91 Å². The van der Waals surface area contributed by atoms with Gasteiger partial charge in [0.1, 0.15) is 17.7 Å². The highest BCUT2D eigenvalue weighted by Gasteiger charge is 2.34. The fraction of sp³-hybridized carbons (Fsp3) is 0.353. The zero-order valence-electron chi connectivity index (χ0n) is 13.6. The Balaban J connectivity index is 1.67. The van der Waals surface area contributed by atoms with Crippen LogP contribution in [-0.2, 0) is 13.0 Å². The molecule has 126 valence electrons. The van der Waals surface area contributed by atoms with Crippen LogP contribution < -0.4 is 20.3 Å². The summed E-state index contributed by atoms with van der Waals surface area (Å²) in [5.41, 5.74) is 2.79. The van der Waals surface area contributed by atoms with Gasteiger partial charge in [-0.15, -0.1) is 11.3 Å². The standard InChI is InChI=1S/C17H19N3O3S/c1-20-6-5-10-13(8-20)24-17-14(10)16(22)18-15(19-17)9-3-4-12(23-2)11(21)7-9/h3-4,7,15,19,21H,5-6,8H2,1-2H3,(H,18,22)/p+1/t15-/m0/s1. The number of phenolic OH excluding ortho intramolecular Hbond substituents is 1. The molecule has 0 saturated heterocycles. The number of carbonyl (C=O) groups is 1. The molecule has 2 aliphatic rings. The molecule has 7 heteroatoms. The largest absolute Gasteiger partial charge is 0.504 e. The Bertz CT molecular complexity index is 818. The molecular formula is C17H20N3O3S+. The second kappa shape index (κ2) is 5.68. The molecule has 3 heterocycles. The first-order chi connectivity index (χ1) is 11.6. The number of nitrogens with one attached hydrogen (secondary N) is 3. The van der Waals surface area contributed by atoms with E-state index in [1.165, 1.54) is 22.5 Å². The Labute approximate surface area is 144 Å². The van der Waals surface area contributed by atoms with Gasteiger partial charge in [-0.3, -0.25) is 4.79 Å². The molecule has 0 bridgehead atoms. The van der Waals surface area contributed by atoms with Gasteiger partial charge >= 0.3 is 0 Å². The average molecular weight is 346 g/mol. The highest BCUT2D eigenvalue weighted by Crippen LogP contribution is 2.39. The number of likely N-dealkylation sites (N-methyl/N-ethyl adjacent to an activating group) is 1. The summed E-state index contributed by atoms with van der Waals surface area (Å²) in [5, 5.41) is 17.3. The third-order valence-corrected chi connectivity index (χ3v) is 5.83. The number of methoxy groups -OCH3 is 1. The van der Waals surface area contributed by atoms with Crippen molar-refractivity contribution in [3.05, 3.63) is 39.8 Å². The highest BCUT2D eigenvalue weighted by molar-refractivity contribution is 7.16. The van der Waals surface area contributed by atoms with Gasteiger partial charge in [0.15, 0.2) is 11.5 Å². The van der Waals surface area contributed by atoms with Crippen LogP contribution in [0.3, 0.4) is 0 Å². The van der Waals surface area contributed by atoms with E-state index >= 15 is 0 Å². The van der Waals surface area contributed by atoms with Crippen molar-refractivity contribution in [3.8, 4) is 11.5 Å². The van der Waals surface area contributed by atoms with Crippen molar-refractivity contribution < 1.29 is 19.5 Å². The van der Waals surface area contributed by atoms with E-state index in [2.05, 4.69) is 17.7 Å². The Hall–Kier alpha value is -2.25. The first-order valence-electron chi connectivity index (χ1n) is 7.97. The second-order valence-corrected chi connectivity index (χ2v) is 7.43. The van der Waals surface area contributed by atoms with E-state index in [1.807, 2.05) is 6.07 Å². The van der Waals surface area contributed by atoms with Crippen molar-refractivity contribution in [2.45, 2.75) is 19.1 Å². The first-order valence-corrected chi connectivity index (χ1v) is 8.78. The smallest absolute Gasteiger partial charge is 0.256 e. The number of ether oxygens (including phenoxy) is 1. The van der Waals surface area contributed by atoms with Crippen molar-refractivity contribution in [2.75, 3.05) is 26.0 Å². The van der Waals surface area contributed by atoms with Crippen LogP contribution in [0.5, 0.6) is 11.5 Å². The van der Waals surface area contributed by atoms with E-state index in [0.29, 0.717) is 5.75 Å². The molecule has 2 atom stereocenters. The molecule has 0 aliphatic carbocycles. The SMILES string of the molecule is COc1ccc([C@H]2NC(=O)c3c(sc4c3CC[NH+](C)C4)N2)cc1O. The minimum atomic E-state index is -0.355. The molecule has 1 aromatic carbocycles. The highest BCUT2D eigenvalue weighted by atomic mass is 32.1. The molecule has 4 rings (SSSR count). The molecule has 0 radical (unpaired) electrons. The number of fused-ring (bicyclic) bond motifs is 3. The summed E-state index contributed by atoms with van der Waals surface area (Å²) in [6.45, 7) is 2.02. The number of quaternary nitrogens is 1. The number of hydrogen-bond acceptors (Lipinski definition) is 5. The maximum Gasteiger partial charge on any atom is 0.256 e. The van der Waals surface area contributed by atoms with Crippen LogP contribution in [0.2, 0.25) is 0 Å². The summed E-state index contributed by atoms with van der Waals surface area (Å²) in [7, 11) is 3.69. The lowest BCUT2D eigenvalue weighted by molar-refractivity contribution is -0.895. The molecule has 1 unspecified atom stereocenters. The fourth-order valence-corrected chi connectivity index (χ4v) is 4.77. The maximum absolute atomic E-state index is 12.7. The molecule has 24 heavy (non-hydrogen) atoms.